The monoisotopic (exact) mass is 250 g/mol. The van der Waals surface area contributed by atoms with Crippen LogP contribution in [0.2, 0.25) is 0 Å². The molecule has 0 bridgehead atoms. The van der Waals surface area contributed by atoms with Crippen LogP contribution in [-0.2, 0) is 19.7 Å². The lowest BCUT2D eigenvalue weighted by Crippen LogP contribution is -2.12. The highest BCUT2D eigenvalue weighted by atomic mass is 32.2. The van der Waals surface area contributed by atoms with Gasteiger partial charge in [-0.3, -0.25) is 8.37 Å². The van der Waals surface area contributed by atoms with Crippen molar-refractivity contribution in [2.75, 3.05) is 13.2 Å². The molecular weight excluding hydrogens is 224 g/mol. The van der Waals surface area contributed by atoms with Gasteiger partial charge in [0.2, 0.25) is 0 Å². The van der Waals surface area contributed by atoms with E-state index in [1.807, 2.05) is 0 Å². The van der Waals surface area contributed by atoms with Gasteiger partial charge in [-0.25, -0.2) is 0 Å². The molecule has 0 aliphatic heterocycles. The SMILES string of the molecule is CCCCOS(=O)OCC(CC)CCCC. The smallest absolute Gasteiger partial charge is 0.268 e. The Morgan fingerprint density at radius 1 is 1.06 bits per heavy atom. The van der Waals surface area contributed by atoms with Crippen molar-refractivity contribution in [1.29, 1.82) is 0 Å². The van der Waals surface area contributed by atoms with Crippen LogP contribution >= 0.6 is 0 Å². The maximum absolute atomic E-state index is 11.3. The second kappa shape index (κ2) is 11.6. The standard InChI is InChI=1S/C12H26O3S/c1-4-7-9-12(6-3)11-15-16(13)14-10-8-5-2/h12H,4-11H2,1-3H3. The maximum atomic E-state index is 11.3. The normalized spacial score (nSPS) is 14.9. The Kier molecular flexibility index (Phi) is 11.6. The van der Waals surface area contributed by atoms with Crippen LogP contribution in [0.5, 0.6) is 0 Å². The molecule has 0 fully saturated rings. The molecule has 98 valence electrons. The molecule has 16 heavy (non-hydrogen) atoms. The van der Waals surface area contributed by atoms with Crippen molar-refractivity contribution < 1.29 is 12.6 Å². The molecule has 0 N–H and O–H groups in total. The van der Waals surface area contributed by atoms with Crippen LogP contribution in [0, 0.1) is 5.92 Å². The van der Waals surface area contributed by atoms with Crippen molar-refractivity contribution in [3.8, 4) is 0 Å². The summed E-state index contributed by atoms with van der Waals surface area (Å²) in [5.74, 6) is 0.513. The first-order valence-electron chi connectivity index (χ1n) is 6.42. The fourth-order valence-electron chi connectivity index (χ4n) is 1.36. The topological polar surface area (TPSA) is 35.5 Å². The molecule has 0 aromatic carbocycles. The van der Waals surface area contributed by atoms with Crippen LogP contribution in [0.4, 0.5) is 0 Å². The van der Waals surface area contributed by atoms with Crippen LogP contribution in [0.3, 0.4) is 0 Å². The zero-order valence-electron chi connectivity index (χ0n) is 10.9. The van der Waals surface area contributed by atoms with Crippen LogP contribution < -0.4 is 0 Å². The van der Waals surface area contributed by atoms with Gasteiger partial charge in [-0.2, -0.15) is 4.21 Å². The fraction of sp³-hybridized carbons (Fsp3) is 1.00. The van der Waals surface area contributed by atoms with Gasteiger partial charge in [0, 0.05) is 0 Å². The van der Waals surface area contributed by atoms with Gasteiger partial charge < -0.3 is 0 Å². The minimum atomic E-state index is -1.55. The molecule has 0 rings (SSSR count). The van der Waals surface area contributed by atoms with Gasteiger partial charge in [-0.05, 0) is 18.8 Å². The van der Waals surface area contributed by atoms with Gasteiger partial charge in [0.1, 0.15) is 0 Å². The largest absolute Gasteiger partial charge is 0.304 e. The molecule has 0 heterocycles. The van der Waals surface area contributed by atoms with Crippen LogP contribution in [0.15, 0.2) is 0 Å². The molecule has 0 saturated carbocycles. The fourth-order valence-corrected chi connectivity index (χ4v) is 1.98. The van der Waals surface area contributed by atoms with E-state index in [1.165, 1.54) is 12.8 Å². The van der Waals surface area contributed by atoms with Crippen LogP contribution in [-0.4, -0.2) is 17.4 Å². The molecule has 0 aliphatic rings. The molecule has 0 aliphatic carbocycles. The molecule has 3 nitrogen and oxygen atoms in total. The second-order valence-electron chi connectivity index (χ2n) is 4.08. The summed E-state index contributed by atoms with van der Waals surface area (Å²) < 4.78 is 21.5. The quantitative estimate of drug-likeness (QED) is 0.525. The van der Waals surface area contributed by atoms with Gasteiger partial charge in [-0.15, -0.1) is 0 Å². The molecule has 4 heteroatoms. The van der Waals surface area contributed by atoms with E-state index >= 15 is 0 Å². The van der Waals surface area contributed by atoms with E-state index in [0.29, 0.717) is 19.1 Å². The van der Waals surface area contributed by atoms with Gasteiger partial charge in [0.15, 0.2) is 0 Å². The molecule has 0 spiro atoms. The lowest BCUT2D eigenvalue weighted by molar-refractivity contribution is 0.205. The first kappa shape index (κ1) is 16.1. The molecule has 2 unspecified atom stereocenters. The van der Waals surface area contributed by atoms with Crippen molar-refractivity contribution in [2.24, 2.45) is 5.92 Å². The number of hydrogen-bond donors (Lipinski definition) is 0. The van der Waals surface area contributed by atoms with Crippen LogP contribution in [0.25, 0.3) is 0 Å². The lowest BCUT2D eigenvalue weighted by Gasteiger charge is -2.13. The van der Waals surface area contributed by atoms with E-state index in [-0.39, 0.29) is 0 Å². The van der Waals surface area contributed by atoms with E-state index in [4.69, 9.17) is 8.37 Å². The van der Waals surface area contributed by atoms with Gasteiger partial charge in [0.25, 0.3) is 0 Å². The van der Waals surface area contributed by atoms with E-state index in [0.717, 1.165) is 25.7 Å². The summed E-state index contributed by atoms with van der Waals surface area (Å²) >= 11 is -1.55. The predicted molar refractivity (Wildman–Crippen MR) is 68.3 cm³/mol. The number of unbranched alkanes of at least 4 members (excludes halogenated alkanes) is 2. The summed E-state index contributed by atoms with van der Waals surface area (Å²) in [4.78, 5) is 0. The number of hydrogen-bond acceptors (Lipinski definition) is 3. The lowest BCUT2D eigenvalue weighted by atomic mass is 10.0. The highest BCUT2D eigenvalue weighted by Crippen LogP contribution is 2.13. The highest BCUT2D eigenvalue weighted by molar-refractivity contribution is 7.75. The average molecular weight is 250 g/mol. The summed E-state index contributed by atoms with van der Waals surface area (Å²) in [5, 5.41) is 0. The third-order valence-electron chi connectivity index (χ3n) is 2.62. The molecular formula is C12H26O3S. The first-order valence-corrected chi connectivity index (χ1v) is 7.42. The molecule has 0 aromatic heterocycles. The minimum absolute atomic E-state index is 0.513. The summed E-state index contributed by atoms with van der Waals surface area (Å²) in [6, 6.07) is 0. The molecule has 0 amide bonds. The molecule has 2 atom stereocenters. The van der Waals surface area contributed by atoms with Crippen molar-refractivity contribution in [1.82, 2.24) is 0 Å². The van der Waals surface area contributed by atoms with Gasteiger partial charge >= 0.3 is 11.4 Å². The zero-order chi connectivity index (χ0) is 12.2. The van der Waals surface area contributed by atoms with E-state index in [1.54, 1.807) is 0 Å². The molecule has 0 radical (unpaired) electrons. The predicted octanol–water partition coefficient (Wildman–Crippen LogP) is 3.61. The van der Waals surface area contributed by atoms with Gasteiger partial charge in [0.05, 0.1) is 13.2 Å². The maximum Gasteiger partial charge on any atom is 0.304 e. The molecule has 0 aromatic rings. The highest BCUT2D eigenvalue weighted by Gasteiger charge is 2.09. The third kappa shape index (κ3) is 9.31. The van der Waals surface area contributed by atoms with E-state index in [2.05, 4.69) is 20.8 Å². The van der Waals surface area contributed by atoms with Crippen molar-refractivity contribution in [3.63, 3.8) is 0 Å². The van der Waals surface area contributed by atoms with Crippen molar-refractivity contribution >= 4 is 11.4 Å². The Balaban J connectivity index is 3.54. The first-order chi connectivity index (χ1) is 7.74. The summed E-state index contributed by atoms with van der Waals surface area (Å²) in [6.45, 7) is 7.47. The Bertz CT molecular complexity index is 174. The minimum Gasteiger partial charge on any atom is -0.268 e. The Labute approximate surface area is 103 Å². The second-order valence-corrected chi connectivity index (χ2v) is 4.96. The summed E-state index contributed by atoms with van der Waals surface area (Å²) in [7, 11) is 0. The van der Waals surface area contributed by atoms with E-state index in [9.17, 15) is 4.21 Å². The summed E-state index contributed by atoms with van der Waals surface area (Å²) in [5.41, 5.74) is 0. The summed E-state index contributed by atoms with van der Waals surface area (Å²) in [6.07, 6.45) is 6.62. The molecule has 0 saturated heterocycles. The Morgan fingerprint density at radius 3 is 2.31 bits per heavy atom. The Hall–Kier alpha value is 0.0700. The third-order valence-corrected chi connectivity index (χ3v) is 3.31. The van der Waals surface area contributed by atoms with E-state index < -0.39 is 11.4 Å². The van der Waals surface area contributed by atoms with Gasteiger partial charge in [-0.1, -0.05) is 46.5 Å². The van der Waals surface area contributed by atoms with Crippen LogP contribution in [0.1, 0.15) is 59.3 Å². The Morgan fingerprint density at radius 2 is 1.75 bits per heavy atom. The van der Waals surface area contributed by atoms with Crippen molar-refractivity contribution in [3.05, 3.63) is 0 Å². The zero-order valence-corrected chi connectivity index (χ0v) is 11.7. The number of rotatable bonds is 11. The average Bonchev–Trinajstić information content (AvgIpc) is 2.30. The van der Waals surface area contributed by atoms with Crippen molar-refractivity contribution in [2.45, 2.75) is 59.3 Å².